The van der Waals surface area contributed by atoms with Crippen LogP contribution in [0.5, 0.6) is 0 Å². The molecule has 0 bridgehead atoms. The van der Waals surface area contributed by atoms with Crippen LogP contribution in [0, 0.1) is 0 Å². The molecule has 0 aromatic carbocycles. The fraction of sp³-hybridized carbons (Fsp3) is 0.600. The summed E-state index contributed by atoms with van der Waals surface area (Å²) >= 11 is 0. The third-order valence-electron chi connectivity index (χ3n) is 7.30. The van der Waals surface area contributed by atoms with Crippen molar-refractivity contribution in [3.63, 3.8) is 0 Å². The van der Waals surface area contributed by atoms with E-state index >= 15 is 0 Å². The first-order valence-corrected chi connectivity index (χ1v) is 14.0. The van der Waals surface area contributed by atoms with Gasteiger partial charge in [-0.1, -0.05) is 51.4 Å². The van der Waals surface area contributed by atoms with Gasteiger partial charge in [-0.05, 0) is 38.5 Å². The van der Waals surface area contributed by atoms with Gasteiger partial charge in [0.15, 0.2) is 23.0 Å². The number of carbonyl (C=O) groups is 4. The van der Waals surface area contributed by atoms with Crippen LogP contribution in [-0.4, -0.2) is 70.0 Å². The highest BCUT2D eigenvalue weighted by Crippen LogP contribution is 2.25. The van der Waals surface area contributed by atoms with Gasteiger partial charge in [0.05, 0.1) is 26.4 Å². The summed E-state index contributed by atoms with van der Waals surface area (Å²) in [6.45, 7) is 0. The molecule has 0 aromatic heterocycles. The molecule has 0 radical (unpaired) electrons. The molecule has 0 saturated heterocycles. The molecule has 2 atom stereocenters. The predicted molar refractivity (Wildman–Crippen MR) is 146 cm³/mol. The third kappa shape index (κ3) is 9.45. The van der Waals surface area contributed by atoms with Crippen molar-refractivity contribution < 1.29 is 49.1 Å². The molecule has 0 amide bonds. The molecule has 40 heavy (non-hydrogen) atoms. The van der Waals surface area contributed by atoms with Gasteiger partial charge >= 0.3 is 0 Å². The molecule has 2 aliphatic carbocycles. The molecule has 0 aromatic rings. The maximum Gasteiger partial charge on any atom is 0.227 e. The number of unbranched alkanes of at least 4 members (excludes halogenated alkanes) is 8. The number of rotatable bonds is 19. The van der Waals surface area contributed by atoms with Crippen LogP contribution in [0.15, 0.2) is 46.3 Å². The zero-order chi connectivity index (χ0) is 29.7. The summed E-state index contributed by atoms with van der Waals surface area (Å²) in [5.74, 6) is -3.29. The molecule has 0 spiro atoms. The van der Waals surface area contributed by atoms with Crippen LogP contribution in [0.1, 0.15) is 89.9 Å². The average Bonchev–Trinajstić information content (AvgIpc) is 2.94. The van der Waals surface area contributed by atoms with E-state index in [1.165, 1.54) is 14.2 Å². The van der Waals surface area contributed by atoms with Crippen molar-refractivity contribution in [3.05, 3.63) is 46.3 Å². The van der Waals surface area contributed by atoms with Crippen LogP contribution in [0.4, 0.5) is 0 Å². The number of hydrogen-bond donors (Lipinski definition) is 4. The van der Waals surface area contributed by atoms with Gasteiger partial charge in [-0.15, -0.1) is 0 Å². The first kappa shape index (κ1) is 33.0. The van der Waals surface area contributed by atoms with Gasteiger partial charge in [0.25, 0.3) is 0 Å². The van der Waals surface area contributed by atoms with Crippen LogP contribution in [-0.2, 0) is 28.7 Å². The van der Waals surface area contributed by atoms with Crippen molar-refractivity contribution in [2.45, 2.75) is 102 Å². The molecule has 0 saturated carbocycles. The van der Waals surface area contributed by atoms with Gasteiger partial charge in [-0.2, -0.15) is 0 Å². The topological polar surface area (TPSA) is 168 Å². The quantitative estimate of drug-likeness (QED) is 0.133. The minimum atomic E-state index is -0.792. The molecule has 2 aliphatic rings. The minimum Gasteiger partial charge on any atom is -0.504 e. The lowest BCUT2D eigenvalue weighted by Gasteiger charge is -2.18. The summed E-state index contributed by atoms with van der Waals surface area (Å²) in [5.41, 5.74) is 0.182. The number of ketones is 4. The smallest absolute Gasteiger partial charge is 0.227 e. The molecule has 2 rings (SSSR count). The van der Waals surface area contributed by atoms with Gasteiger partial charge in [0, 0.05) is 23.3 Å². The highest BCUT2D eigenvalue weighted by molar-refractivity contribution is 6.21. The molecule has 4 N–H and O–H groups in total. The van der Waals surface area contributed by atoms with E-state index in [1.807, 2.05) is 0 Å². The second kappa shape index (κ2) is 16.8. The molecule has 0 aliphatic heterocycles. The predicted octanol–water partition coefficient (Wildman–Crippen LogP) is 4.16. The van der Waals surface area contributed by atoms with Crippen LogP contribution in [0.25, 0.3) is 0 Å². The van der Waals surface area contributed by atoms with Crippen LogP contribution in [0.3, 0.4) is 0 Å². The number of methoxy groups -OCH3 is 2. The minimum absolute atomic E-state index is 0.0605. The van der Waals surface area contributed by atoms with Crippen molar-refractivity contribution in [3.8, 4) is 0 Å². The lowest BCUT2D eigenvalue weighted by Crippen LogP contribution is -2.25. The number of Topliss-reactive ketones (excluding diaryl/α,β-unsaturated/α-hetero) is 2. The van der Waals surface area contributed by atoms with Crippen LogP contribution in [0.2, 0.25) is 0 Å². The molecule has 0 heterocycles. The molecule has 10 nitrogen and oxygen atoms in total. The summed E-state index contributed by atoms with van der Waals surface area (Å²) < 4.78 is 9.81. The van der Waals surface area contributed by atoms with E-state index in [1.54, 1.807) is 0 Å². The van der Waals surface area contributed by atoms with E-state index in [0.717, 1.165) is 63.5 Å². The van der Waals surface area contributed by atoms with E-state index in [-0.39, 0.29) is 22.7 Å². The van der Waals surface area contributed by atoms with E-state index in [9.17, 15) is 39.6 Å². The number of allylic oxidation sites excluding steroid dienone is 4. The number of hydrogen-bond acceptors (Lipinski definition) is 10. The highest BCUT2D eigenvalue weighted by Gasteiger charge is 2.29. The number of carbonyl (C=O) groups excluding carboxylic acids is 4. The monoisotopic (exact) mass is 562 g/mol. The fourth-order valence-electron chi connectivity index (χ4n) is 4.84. The maximum absolute atomic E-state index is 12.2. The lowest BCUT2D eigenvalue weighted by molar-refractivity contribution is -0.119. The Morgan fingerprint density at radius 3 is 1.25 bits per heavy atom. The largest absolute Gasteiger partial charge is 0.504 e. The Balaban J connectivity index is 1.51. The second-order valence-corrected chi connectivity index (χ2v) is 10.2. The summed E-state index contributed by atoms with van der Waals surface area (Å²) in [6.07, 6.45) is 9.80. The Morgan fingerprint density at radius 2 is 0.900 bits per heavy atom. The standard InChI is InChI=1S/C30H42O10/c1-39-25-17-23(33)27(35)19(29(25)37)13-9-5-3-7-11-15-21(31)22(32)16-12-8-4-6-10-14-20-28(36)24(34)18-26(40-2)30(20)38/h17-18,21-22,31-32,35-36H,3-16H2,1-2H3. The Morgan fingerprint density at radius 1 is 0.575 bits per heavy atom. The summed E-state index contributed by atoms with van der Waals surface area (Å²) in [4.78, 5) is 47.9. The molecule has 2 unspecified atom stereocenters. The van der Waals surface area contributed by atoms with Crippen molar-refractivity contribution in [2.75, 3.05) is 14.2 Å². The molecule has 222 valence electrons. The zero-order valence-corrected chi connectivity index (χ0v) is 23.4. The van der Waals surface area contributed by atoms with E-state index in [0.29, 0.717) is 38.5 Å². The summed E-state index contributed by atoms with van der Waals surface area (Å²) in [5, 5.41) is 40.3. The Labute approximate surface area is 235 Å². The average molecular weight is 563 g/mol. The zero-order valence-electron chi connectivity index (χ0n) is 23.4. The van der Waals surface area contributed by atoms with Gasteiger partial charge in [0.1, 0.15) is 0 Å². The normalized spacial score (nSPS) is 17.7. The Bertz CT molecular complexity index is 978. The number of aliphatic hydroxyl groups is 4. The Kier molecular flexibility index (Phi) is 13.8. The van der Waals surface area contributed by atoms with Crippen LogP contribution < -0.4 is 0 Å². The Hall–Kier alpha value is -3.24. The number of ether oxygens (including phenoxy) is 2. The summed E-state index contributed by atoms with van der Waals surface area (Å²) in [6, 6.07) is 0. The van der Waals surface area contributed by atoms with Crippen molar-refractivity contribution >= 4 is 23.1 Å². The van der Waals surface area contributed by atoms with E-state index in [4.69, 9.17) is 9.47 Å². The first-order valence-electron chi connectivity index (χ1n) is 14.0. The molecular formula is C30H42O10. The van der Waals surface area contributed by atoms with Crippen molar-refractivity contribution in [2.24, 2.45) is 0 Å². The SMILES string of the molecule is COC1=CC(=O)C(O)=C(CCCCCCCC(O)C(O)CCCCCCCC2=C(O)C(=O)C=C(OC)C2=O)C1=O. The molecule has 10 heteroatoms. The van der Waals surface area contributed by atoms with Crippen LogP contribution >= 0.6 is 0 Å². The summed E-state index contributed by atoms with van der Waals surface area (Å²) in [7, 11) is 2.61. The van der Waals surface area contributed by atoms with Gasteiger partial charge in [-0.25, -0.2) is 0 Å². The fourth-order valence-corrected chi connectivity index (χ4v) is 4.84. The van der Waals surface area contributed by atoms with Crippen molar-refractivity contribution in [1.82, 2.24) is 0 Å². The molecule has 0 fully saturated rings. The maximum atomic E-state index is 12.2. The first-order chi connectivity index (χ1) is 19.1. The van der Waals surface area contributed by atoms with Crippen molar-refractivity contribution in [1.29, 1.82) is 0 Å². The lowest BCUT2D eigenvalue weighted by atomic mass is 9.94. The van der Waals surface area contributed by atoms with E-state index < -0.39 is 46.9 Å². The number of aliphatic hydroxyl groups excluding tert-OH is 4. The van der Waals surface area contributed by atoms with Gasteiger partial charge in [-0.3, -0.25) is 19.2 Å². The molecular weight excluding hydrogens is 520 g/mol. The van der Waals surface area contributed by atoms with E-state index in [2.05, 4.69) is 0 Å². The third-order valence-corrected chi connectivity index (χ3v) is 7.30. The second-order valence-electron chi connectivity index (χ2n) is 10.2. The van der Waals surface area contributed by atoms with Gasteiger partial charge < -0.3 is 29.9 Å². The van der Waals surface area contributed by atoms with Gasteiger partial charge in [0.2, 0.25) is 23.1 Å². The highest BCUT2D eigenvalue weighted by atomic mass is 16.5.